The van der Waals surface area contributed by atoms with E-state index < -0.39 is 27.9 Å². The fourth-order valence-corrected chi connectivity index (χ4v) is 10.7. The van der Waals surface area contributed by atoms with Crippen LogP contribution in [-0.2, 0) is 12.3 Å². The zero-order valence-electron chi connectivity index (χ0n) is 8.34. The Morgan fingerprint density at radius 1 is 0.857 bits per heavy atom. The fraction of sp³-hybridized carbons (Fsp3) is 0.250. The molecule has 0 amide bonds. The Morgan fingerprint density at radius 2 is 1.43 bits per heavy atom. The Balaban J connectivity index is 2.11. The lowest BCUT2D eigenvalue weighted by molar-refractivity contribution is 0.299. The van der Waals surface area contributed by atoms with Crippen molar-refractivity contribution in [1.29, 1.82) is 0 Å². The minimum atomic E-state index is -1.60. The van der Waals surface area contributed by atoms with Gasteiger partial charge in [0.2, 0.25) is 0 Å². The first-order valence-corrected chi connectivity index (χ1v) is 10.5. The normalized spacial score (nSPS) is 32.9. The summed E-state index contributed by atoms with van der Waals surface area (Å²) in [6, 6.07) is 10.2. The molecule has 1 aliphatic heterocycles. The first-order valence-electron chi connectivity index (χ1n) is 4.77. The molecule has 14 heavy (non-hydrogen) atoms. The van der Waals surface area contributed by atoms with Gasteiger partial charge in [-0.25, -0.2) is 0 Å². The average Bonchev–Trinajstić information content (AvgIpc) is 2.18. The Bertz CT molecular complexity index is 285. The van der Waals surface area contributed by atoms with Crippen molar-refractivity contribution in [2.45, 2.75) is 13.1 Å². The fourth-order valence-electron chi connectivity index (χ4n) is 1.48. The number of rotatable bonds is 1. The minimum absolute atomic E-state index is 1.23. The molecule has 0 aromatic heterocycles. The maximum Gasteiger partial charge on any atom is 0.337 e. The van der Waals surface area contributed by atoms with Gasteiger partial charge in [-0.2, -0.15) is 0 Å². The summed E-state index contributed by atoms with van der Waals surface area (Å²) in [7, 11) is -4.36. The minimum Gasteiger partial charge on any atom is -0.420 e. The highest BCUT2D eigenvalue weighted by Gasteiger charge is 2.30. The van der Waals surface area contributed by atoms with Crippen LogP contribution < -0.4 is 5.19 Å². The van der Waals surface area contributed by atoms with E-state index in [2.05, 4.69) is 25.2 Å². The van der Waals surface area contributed by atoms with Crippen LogP contribution in [0.5, 0.6) is 0 Å². The highest BCUT2D eigenvalue weighted by atomic mass is 28.5. The summed E-state index contributed by atoms with van der Waals surface area (Å²) in [5.41, 5.74) is 0. The molecule has 0 aliphatic carbocycles. The molecular weight excluding hydrogens is 228 g/mol. The monoisotopic (exact) mass is 242 g/mol. The third kappa shape index (κ3) is 2.41. The van der Waals surface area contributed by atoms with Crippen LogP contribution in [-0.4, -0.2) is 27.9 Å². The predicted octanol–water partition coefficient (Wildman–Crippen LogP) is -0.122. The van der Waals surface area contributed by atoms with Crippen molar-refractivity contribution >= 4 is 33.0 Å². The molecule has 1 fully saturated rings. The van der Waals surface area contributed by atoms with Crippen LogP contribution in [0.4, 0.5) is 0 Å². The second kappa shape index (κ2) is 4.51. The van der Waals surface area contributed by atoms with E-state index in [-0.39, 0.29) is 0 Å². The van der Waals surface area contributed by atoms with E-state index in [1.54, 1.807) is 0 Å². The van der Waals surface area contributed by atoms with Gasteiger partial charge in [-0.1, -0.05) is 30.3 Å². The Hall–Kier alpha value is -0.249. The molecule has 0 radical (unpaired) electrons. The molecule has 1 heterocycles. The van der Waals surface area contributed by atoms with Crippen molar-refractivity contribution in [3.05, 3.63) is 30.3 Å². The summed E-state index contributed by atoms with van der Waals surface area (Å²) < 4.78 is 17.2. The van der Waals surface area contributed by atoms with Crippen LogP contribution in [0, 0.1) is 0 Å². The molecule has 2 atom stereocenters. The maximum atomic E-state index is 5.81. The van der Waals surface area contributed by atoms with E-state index in [0.717, 1.165) is 0 Å². The van der Waals surface area contributed by atoms with E-state index >= 15 is 0 Å². The quantitative estimate of drug-likeness (QED) is 0.643. The molecule has 1 aliphatic rings. The van der Waals surface area contributed by atoms with Gasteiger partial charge in [-0.05, 0) is 18.3 Å². The third-order valence-electron chi connectivity index (χ3n) is 2.09. The van der Waals surface area contributed by atoms with Gasteiger partial charge in [0.05, 0.1) is 0 Å². The van der Waals surface area contributed by atoms with Crippen molar-refractivity contribution in [1.82, 2.24) is 0 Å². The molecule has 2 unspecified atom stereocenters. The molecule has 1 aromatic rings. The first kappa shape index (κ1) is 10.3. The van der Waals surface area contributed by atoms with Crippen LogP contribution in [0.1, 0.15) is 0 Å². The van der Waals surface area contributed by atoms with Crippen molar-refractivity contribution in [2.75, 3.05) is 0 Å². The topological polar surface area (TPSA) is 27.7 Å². The molecule has 0 N–H and O–H groups in total. The van der Waals surface area contributed by atoms with Crippen LogP contribution in [0.2, 0.25) is 13.1 Å². The lowest BCUT2D eigenvalue weighted by atomic mass is 10.4. The van der Waals surface area contributed by atoms with Gasteiger partial charge in [0, 0.05) is 0 Å². The molecule has 0 saturated carbocycles. The molecule has 1 saturated heterocycles. The zero-order valence-corrected chi connectivity index (χ0v) is 11.8. The lowest BCUT2D eigenvalue weighted by Crippen LogP contribution is -2.52. The predicted molar refractivity (Wildman–Crippen MR) is 62.5 cm³/mol. The zero-order chi connectivity index (χ0) is 9.97. The van der Waals surface area contributed by atoms with Crippen LogP contribution in [0.15, 0.2) is 30.3 Å². The SMILES string of the molecule is C[SiH]1O[SiH](C)O[SiH](c2ccccc2)O1. The number of hydrogen-bond acceptors (Lipinski definition) is 3. The highest BCUT2D eigenvalue weighted by molar-refractivity contribution is 6.78. The smallest absolute Gasteiger partial charge is 0.337 e. The van der Waals surface area contributed by atoms with Crippen molar-refractivity contribution in [3.63, 3.8) is 0 Å². The van der Waals surface area contributed by atoms with Crippen molar-refractivity contribution in [2.24, 2.45) is 0 Å². The Morgan fingerprint density at radius 3 is 2.00 bits per heavy atom. The molecule has 76 valence electrons. The largest absolute Gasteiger partial charge is 0.420 e. The van der Waals surface area contributed by atoms with Gasteiger partial charge in [-0.15, -0.1) is 0 Å². The van der Waals surface area contributed by atoms with Gasteiger partial charge in [-0.3, -0.25) is 0 Å². The van der Waals surface area contributed by atoms with E-state index in [1.807, 2.05) is 18.2 Å². The first-order chi connectivity index (χ1) is 6.75. The summed E-state index contributed by atoms with van der Waals surface area (Å²) in [5, 5.41) is 1.23. The van der Waals surface area contributed by atoms with Gasteiger partial charge in [0.1, 0.15) is 0 Å². The maximum absolute atomic E-state index is 5.81. The lowest BCUT2D eigenvalue weighted by Gasteiger charge is -2.31. The molecule has 0 bridgehead atoms. The standard InChI is InChI=1S/C8H14O3Si3/c1-12-9-13(2)11-14(10-12)8-6-4-3-5-7-8/h3-7,12-14H,1-2H3. The molecule has 6 heteroatoms. The molecule has 3 nitrogen and oxygen atoms in total. The highest BCUT2D eigenvalue weighted by Crippen LogP contribution is 2.07. The Kier molecular flexibility index (Phi) is 3.31. The summed E-state index contributed by atoms with van der Waals surface area (Å²) in [4.78, 5) is 0. The summed E-state index contributed by atoms with van der Waals surface area (Å²) in [5.74, 6) is 0. The number of benzene rings is 1. The summed E-state index contributed by atoms with van der Waals surface area (Å²) in [6.07, 6.45) is 0. The van der Waals surface area contributed by atoms with Crippen LogP contribution in [0.3, 0.4) is 0 Å². The second-order valence-corrected chi connectivity index (χ2v) is 10.2. The molecule has 2 rings (SSSR count). The van der Waals surface area contributed by atoms with Gasteiger partial charge >= 0.3 is 9.28 Å². The number of hydrogen-bond donors (Lipinski definition) is 0. The van der Waals surface area contributed by atoms with Gasteiger partial charge < -0.3 is 12.3 Å². The molecule has 1 aromatic carbocycles. The summed E-state index contributed by atoms with van der Waals surface area (Å²) in [6.45, 7) is 4.16. The van der Waals surface area contributed by atoms with Crippen molar-refractivity contribution < 1.29 is 12.3 Å². The van der Waals surface area contributed by atoms with Gasteiger partial charge in [0.25, 0.3) is 18.6 Å². The van der Waals surface area contributed by atoms with Crippen LogP contribution in [0.25, 0.3) is 0 Å². The van der Waals surface area contributed by atoms with E-state index in [9.17, 15) is 0 Å². The van der Waals surface area contributed by atoms with Gasteiger partial charge in [0.15, 0.2) is 0 Å². The van der Waals surface area contributed by atoms with E-state index in [4.69, 9.17) is 12.3 Å². The third-order valence-corrected chi connectivity index (χ3v) is 11.1. The van der Waals surface area contributed by atoms with E-state index in [1.165, 1.54) is 5.19 Å². The van der Waals surface area contributed by atoms with E-state index in [0.29, 0.717) is 0 Å². The molecular formula is C8H14O3Si3. The van der Waals surface area contributed by atoms with Crippen molar-refractivity contribution in [3.8, 4) is 0 Å². The van der Waals surface area contributed by atoms with Crippen LogP contribution >= 0.6 is 0 Å². The summed E-state index contributed by atoms with van der Waals surface area (Å²) >= 11 is 0. The second-order valence-electron chi connectivity index (χ2n) is 3.29. The Labute approximate surface area is 89.2 Å². The average molecular weight is 242 g/mol. The molecule has 0 spiro atoms.